The Balaban J connectivity index is 1.97. The van der Waals surface area contributed by atoms with Crippen molar-refractivity contribution in [2.45, 2.75) is 26.3 Å². The summed E-state index contributed by atoms with van der Waals surface area (Å²) in [5.41, 5.74) is 0.556. The molecule has 0 saturated carbocycles. The van der Waals surface area contributed by atoms with E-state index in [9.17, 15) is 8.42 Å². The third-order valence-electron chi connectivity index (χ3n) is 2.56. The molecule has 2 heterocycles. The van der Waals surface area contributed by atoms with E-state index < -0.39 is 10.0 Å². The van der Waals surface area contributed by atoms with Crippen LogP contribution >= 0.6 is 0 Å². The highest BCUT2D eigenvalue weighted by molar-refractivity contribution is 7.89. The van der Waals surface area contributed by atoms with Crippen LogP contribution in [-0.2, 0) is 16.6 Å². The van der Waals surface area contributed by atoms with Crippen LogP contribution in [0.3, 0.4) is 0 Å². The average Bonchev–Trinajstić information content (AvgIpc) is 2.93. The average molecular weight is 296 g/mol. The van der Waals surface area contributed by atoms with Crippen molar-refractivity contribution in [1.29, 1.82) is 0 Å². The number of hydrogen-bond acceptors (Lipinski definition) is 6. The minimum absolute atomic E-state index is 0.00805. The van der Waals surface area contributed by atoms with Gasteiger partial charge in [-0.1, -0.05) is 19.4 Å². The van der Waals surface area contributed by atoms with Crippen LogP contribution in [0.25, 0.3) is 11.6 Å². The van der Waals surface area contributed by atoms with Gasteiger partial charge in [0.2, 0.25) is 15.9 Å². The summed E-state index contributed by atoms with van der Waals surface area (Å²) in [6.45, 7) is 1.93. The molecule has 108 valence electrons. The Hall–Kier alpha value is -1.80. The zero-order chi connectivity index (χ0) is 14.4. The number of nitrogens with one attached hydrogen (secondary N) is 1. The maximum absolute atomic E-state index is 11.6. The molecule has 0 amide bonds. The smallest absolute Gasteiger partial charge is 0.266 e. The molecule has 0 unspecified atom stereocenters. The van der Waals surface area contributed by atoms with E-state index in [1.54, 1.807) is 24.4 Å². The first kappa shape index (κ1) is 14.6. The highest BCUT2D eigenvalue weighted by Crippen LogP contribution is 2.14. The fraction of sp³-hybridized carbons (Fsp3) is 0.417. The SMILES string of the molecule is CCCCS(=O)(=O)NCc1nnc(-c2ccccn2)o1. The molecular weight excluding hydrogens is 280 g/mol. The Bertz CT molecular complexity index is 640. The maximum Gasteiger partial charge on any atom is 0.266 e. The number of sulfonamides is 1. The van der Waals surface area contributed by atoms with Gasteiger partial charge in [0.05, 0.1) is 12.3 Å². The van der Waals surface area contributed by atoms with E-state index in [4.69, 9.17) is 4.42 Å². The van der Waals surface area contributed by atoms with Gasteiger partial charge in [0, 0.05) is 6.20 Å². The Morgan fingerprint density at radius 1 is 1.30 bits per heavy atom. The lowest BCUT2D eigenvalue weighted by Crippen LogP contribution is -2.26. The van der Waals surface area contributed by atoms with Gasteiger partial charge in [-0.25, -0.2) is 13.1 Å². The van der Waals surface area contributed by atoms with Gasteiger partial charge in [-0.05, 0) is 18.6 Å². The summed E-state index contributed by atoms with van der Waals surface area (Å²) >= 11 is 0. The first-order chi connectivity index (χ1) is 9.61. The molecule has 0 saturated heterocycles. The Labute approximate surface area is 117 Å². The summed E-state index contributed by atoms with van der Waals surface area (Å²) in [5, 5.41) is 7.63. The molecule has 1 N–H and O–H groups in total. The second-order valence-corrected chi connectivity index (χ2v) is 6.14. The van der Waals surface area contributed by atoms with Crippen LogP contribution in [0.15, 0.2) is 28.8 Å². The summed E-state index contributed by atoms with van der Waals surface area (Å²) in [4.78, 5) is 4.08. The zero-order valence-electron chi connectivity index (χ0n) is 11.1. The first-order valence-electron chi connectivity index (χ1n) is 6.32. The topological polar surface area (TPSA) is 98.0 Å². The second-order valence-electron chi connectivity index (χ2n) is 4.21. The van der Waals surface area contributed by atoms with Crippen LogP contribution < -0.4 is 4.72 Å². The molecule has 2 rings (SSSR count). The van der Waals surface area contributed by atoms with Gasteiger partial charge >= 0.3 is 0 Å². The van der Waals surface area contributed by atoms with Gasteiger partial charge in [-0.15, -0.1) is 10.2 Å². The lowest BCUT2D eigenvalue weighted by Gasteiger charge is -2.02. The predicted octanol–water partition coefficient (Wildman–Crippen LogP) is 1.35. The zero-order valence-corrected chi connectivity index (χ0v) is 11.9. The summed E-state index contributed by atoms with van der Waals surface area (Å²) in [7, 11) is -3.29. The molecule has 8 heteroatoms. The Kier molecular flexibility index (Phi) is 4.80. The second kappa shape index (κ2) is 6.58. The monoisotopic (exact) mass is 296 g/mol. The molecule has 2 aromatic rings. The molecule has 0 aliphatic carbocycles. The van der Waals surface area contributed by atoms with Crippen LogP contribution in [0.1, 0.15) is 25.7 Å². The Morgan fingerprint density at radius 3 is 2.85 bits per heavy atom. The molecular formula is C12H16N4O3S. The van der Waals surface area contributed by atoms with E-state index in [1.807, 2.05) is 6.92 Å². The van der Waals surface area contributed by atoms with E-state index >= 15 is 0 Å². The van der Waals surface area contributed by atoms with E-state index in [-0.39, 0.29) is 24.1 Å². The van der Waals surface area contributed by atoms with Crippen LogP contribution in [0.5, 0.6) is 0 Å². The van der Waals surface area contributed by atoms with Crippen molar-refractivity contribution in [3.63, 3.8) is 0 Å². The molecule has 7 nitrogen and oxygen atoms in total. The van der Waals surface area contributed by atoms with E-state index in [0.29, 0.717) is 12.1 Å². The number of pyridine rings is 1. The number of aromatic nitrogens is 3. The minimum Gasteiger partial charge on any atom is -0.418 e. The molecule has 0 fully saturated rings. The molecule has 0 radical (unpaired) electrons. The Morgan fingerprint density at radius 2 is 2.15 bits per heavy atom. The lowest BCUT2D eigenvalue weighted by molar-refractivity contribution is 0.492. The number of rotatable bonds is 7. The number of unbranched alkanes of at least 4 members (excludes halogenated alkanes) is 1. The van der Waals surface area contributed by atoms with Crippen LogP contribution in [0.2, 0.25) is 0 Å². The predicted molar refractivity (Wildman–Crippen MR) is 73.1 cm³/mol. The summed E-state index contributed by atoms with van der Waals surface area (Å²) < 4.78 is 31.0. The van der Waals surface area contributed by atoms with Gasteiger partial charge in [0.1, 0.15) is 5.69 Å². The van der Waals surface area contributed by atoms with Crippen molar-refractivity contribution in [1.82, 2.24) is 19.9 Å². The molecule has 0 aliphatic rings. The van der Waals surface area contributed by atoms with Gasteiger partial charge in [0.15, 0.2) is 0 Å². The van der Waals surface area contributed by atoms with E-state index in [0.717, 1.165) is 6.42 Å². The van der Waals surface area contributed by atoms with Crippen molar-refractivity contribution in [3.8, 4) is 11.6 Å². The highest BCUT2D eigenvalue weighted by atomic mass is 32.2. The normalized spacial score (nSPS) is 11.7. The fourth-order valence-electron chi connectivity index (χ4n) is 1.50. The third kappa shape index (κ3) is 4.10. The molecule has 0 atom stereocenters. The molecule has 0 bridgehead atoms. The van der Waals surface area contributed by atoms with Crippen LogP contribution in [0, 0.1) is 0 Å². The van der Waals surface area contributed by atoms with Gasteiger partial charge in [-0.2, -0.15) is 0 Å². The lowest BCUT2D eigenvalue weighted by atomic mass is 10.3. The molecule has 2 aromatic heterocycles. The minimum atomic E-state index is -3.29. The first-order valence-corrected chi connectivity index (χ1v) is 7.97. The molecule has 0 aliphatic heterocycles. The maximum atomic E-state index is 11.6. The van der Waals surface area contributed by atoms with E-state index in [2.05, 4.69) is 19.9 Å². The van der Waals surface area contributed by atoms with Crippen LogP contribution in [0.4, 0.5) is 0 Å². The number of hydrogen-bond donors (Lipinski definition) is 1. The van der Waals surface area contributed by atoms with Crippen molar-refractivity contribution in [2.24, 2.45) is 0 Å². The standard InChI is InChI=1S/C12H16N4O3S/c1-2-3-8-20(17,18)14-9-11-15-16-12(19-11)10-6-4-5-7-13-10/h4-7,14H,2-3,8-9H2,1H3. The molecule has 0 aromatic carbocycles. The molecule has 20 heavy (non-hydrogen) atoms. The molecule has 0 spiro atoms. The van der Waals surface area contributed by atoms with Gasteiger partial charge in [-0.3, -0.25) is 4.98 Å². The third-order valence-corrected chi connectivity index (χ3v) is 3.97. The highest BCUT2D eigenvalue weighted by Gasteiger charge is 2.13. The largest absolute Gasteiger partial charge is 0.418 e. The fourth-order valence-corrected chi connectivity index (χ4v) is 2.65. The van der Waals surface area contributed by atoms with E-state index in [1.165, 1.54) is 0 Å². The summed E-state index contributed by atoms with van der Waals surface area (Å²) in [5.74, 6) is 0.587. The van der Waals surface area contributed by atoms with Gasteiger partial charge < -0.3 is 4.42 Å². The summed E-state index contributed by atoms with van der Waals surface area (Å²) in [6.07, 6.45) is 3.07. The summed E-state index contributed by atoms with van der Waals surface area (Å²) in [6, 6.07) is 5.32. The van der Waals surface area contributed by atoms with Gasteiger partial charge in [0.25, 0.3) is 5.89 Å². The number of nitrogens with zero attached hydrogens (tertiary/aromatic N) is 3. The van der Waals surface area contributed by atoms with Crippen molar-refractivity contribution >= 4 is 10.0 Å². The van der Waals surface area contributed by atoms with Crippen LogP contribution in [-0.4, -0.2) is 29.4 Å². The van der Waals surface area contributed by atoms with Crippen molar-refractivity contribution in [3.05, 3.63) is 30.3 Å². The van der Waals surface area contributed by atoms with Crippen molar-refractivity contribution in [2.75, 3.05) is 5.75 Å². The quantitative estimate of drug-likeness (QED) is 0.828. The van der Waals surface area contributed by atoms with Crippen molar-refractivity contribution < 1.29 is 12.8 Å².